The van der Waals surface area contributed by atoms with E-state index in [9.17, 15) is 4.79 Å². The smallest absolute Gasteiger partial charge is 0.253 e. The van der Waals surface area contributed by atoms with Crippen LogP contribution in [0.3, 0.4) is 0 Å². The fraction of sp³-hybridized carbons (Fsp3) is 0.500. The van der Waals surface area contributed by atoms with Crippen LogP contribution in [-0.2, 0) is 0 Å². The molecule has 86 valence electrons. The second-order valence-corrected chi connectivity index (χ2v) is 4.74. The third-order valence-electron chi connectivity index (χ3n) is 3.08. The first-order valence-corrected chi connectivity index (χ1v) is 5.99. The molecule has 0 saturated heterocycles. The molecule has 1 aliphatic rings. The minimum absolute atomic E-state index is 0.0726. The number of aromatic nitrogens is 1. The maximum Gasteiger partial charge on any atom is 0.253 e. The van der Waals surface area contributed by atoms with Crippen LogP contribution in [0.1, 0.15) is 35.2 Å². The van der Waals surface area contributed by atoms with Crippen LogP contribution in [0.5, 0.6) is 0 Å². The van der Waals surface area contributed by atoms with Gasteiger partial charge in [0.05, 0.1) is 11.1 Å². The Balaban J connectivity index is 2.08. The number of nitrogens with one attached hydrogen (secondary N) is 1. The van der Waals surface area contributed by atoms with E-state index in [0.717, 1.165) is 24.8 Å². The van der Waals surface area contributed by atoms with Crippen molar-refractivity contribution in [3.63, 3.8) is 0 Å². The van der Waals surface area contributed by atoms with Gasteiger partial charge in [-0.15, -0.1) is 11.6 Å². The summed E-state index contributed by atoms with van der Waals surface area (Å²) in [5.41, 5.74) is 1.42. The molecule has 0 atom stereocenters. The average Bonchev–Trinajstić information content (AvgIpc) is 2.23. The van der Waals surface area contributed by atoms with Gasteiger partial charge in [-0.3, -0.25) is 9.78 Å². The van der Waals surface area contributed by atoms with Crippen molar-refractivity contribution in [2.75, 3.05) is 5.88 Å². The van der Waals surface area contributed by atoms with Crippen molar-refractivity contribution < 1.29 is 4.79 Å². The Morgan fingerprint density at radius 2 is 2.31 bits per heavy atom. The normalized spacial score (nSPS) is 17.6. The summed E-state index contributed by atoms with van der Waals surface area (Å²) in [6, 6.07) is 1.84. The molecule has 3 nitrogen and oxygen atoms in total. The van der Waals surface area contributed by atoms with E-state index in [-0.39, 0.29) is 11.4 Å². The first-order valence-electron chi connectivity index (χ1n) is 5.45. The van der Waals surface area contributed by atoms with Crippen molar-refractivity contribution in [2.45, 2.75) is 31.7 Å². The van der Waals surface area contributed by atoms with E-state index < -0.39 is 0 Å². The Bertz CT molecular complexity index is 396. The summed E-state index contributed by atoms with van der Waals surface area (Å²) in [5.74, 6) is 0.411. The van der Waals surface area contributed by atoms with Gasteiger partial charge >= 0.3 is 0 Å². The van der Waals surface area contributed by atoms with Crippen LogP contribution < -0.4 is 5.32 Å². The summed E-state index contributed by atoms with van der Waals surface area (Å²) in [5, 5.41) is 3.01. The summed E-state index contributed by atoms with van der Waals surface area (Å²) in [6.07, 6.45) is 6.41. The number of aryl methyl sites for hydroxylation is 1. The first kappa shape index (κ1) is 11.4. The van der Waals surface area contributed by atoms with E-state index >= 15 is 0 Å². The number of hydrogen-bond donors (Lipinski definition) is 1. The summed E-state index contributed by atoms with van der Waals surface area (Å²) >= 11 is 5.89. The molecular weight excluding hydrogens is 224 g/mol. The number of carbonyl (C=O) groups excluding carboxylic acids is 1. The molecule has 4 heteroatoms. The average molecular weight is 239 g/mol. The maximum atomic E-state index is 12.0. The monoisotopic (exact) mass is 238 g/mol. The third kappa shape index (κ3) is 2.19. The van der Waals surface area contributed by atoms with Crippen molar-refractivity contribution in [1.29, 1.82) is 0 Å². The first-order chi connectivity index (χ1) is 7.65. The van der Waals surface area contributed by atoms with Crippen molar-refractivity contribution in [2.24, 2.45) is 0 Å². The van der Waals surface area contributed by atoms with Gasteiger partial charge in [0.15, 0.2) is 0 Å². The zero-order valence-electron chi connectivity index (χ0n) is 9.29. The van der Waals surface area contributed by atoms with Gasteiger partial charge in [0.25, 0.3) is 5.91 Å². The van der Waals surface area contributed by atoms with E-state index in [2.05, 4.69) is 10.3 Å². The lowest BCUT2D eigenvalue weighted by Gasteiger charge is -2.40. The fourth-order valence-corrected chi connectivity index (χ4v) is 2.22. The highest BCUT2D eigenvalue weighted by Crippen LogP contribution is 2.33. The third-order valence-corrected chi connectivity index (χ3v) is 3.59. The van der Waals surface area contributed by atoms with Gasteiger partial charge in [-0.1, -0.05) is 0 Å². The molecule has 2 rings (SSSR count). The summed E-state index contributed by atoms with van der Waals surface area (Å²) in [4.78, 5) is 16.0. The van der Waals surface area contributed by atoms with E-state index in [1.54, 1.807) is 12.4 Å². The second kappa shape index (κ2) is 4.42. The molecule has 1 aromatic rings. The molecule has 0 aromatic carbocycles. The largest absolute Gasteiger partial charge is 0.345 e. The van der Waals surface area contributed by atoms with Crippen LogP contribution in [0.25, 0.3) is 0 Å². The van der Waals surface area contributed by atoms with Gasteiger partial charge in [0, 0.05) is 18.3 Å². The Kier molecular flexibility index (Phi) is 3.15. The summed E-state index contributed by atoms with van der Waals surface area (Å²) < 4.78 is 0. The van der Waals surface area contributed by atoms with Crippen molar-refractivity contribution in [1.82, 2.24) is 10.3 Å². The highest BCUT2D eigenvalue weighted by atomic mass is 35.5. The maximum absolute atomic E-state index is 12.0. The van der Waals surface area contributed by atoms with Gasteiger partial charge in [-0.2, -0.15) is 0 Å². The fourth-order valence-electron chi connectivity index (χ4n) is 1.89. The molecule has 1 fully saturated rings. The number of pyridine rings is 1. The van der Waals surface area contributed by atoms with Crippen LogP contribution >= 0.6 is 11.6 Å². The molecule has 1 aliphatic carbocycles. The number of nitrogens with zero attached hydrogens (tertiary/aromatic N) is 1. The van der Waals surface area contributed by atoms with Crippen LogP contribution in [0.4, 0.5) is 0 Å². The van der Waals surface area contributed by atoms with Crippen LogP contribution in [0, 0.1) is 6.92 Å². The Morgan fingerprint density at radius 3 is 2.81 bits per heavy atom. The molecule has 0 spiro atoms. The van der Waals surface area contributed by atoms with Crippen molar-refractivity contribution >= 4 is 17.5 Å². The Morgan fingerprint density at radius 1 is 1.56 bits per heavy atom. The number of halogens is 1. The number of hydrogen-bond acceptors (Lipinski definition) is 2. The number of alkyl halides is 1. The molecule has 1 heterocycles. The molecule has 16 heavy (non-hydrogen) atoms. The summed E-state index contributed by atoms with van der Waals surface area (Å²) in [7, 11) is 0. The van der Waals surface area contributed by atoms with E-state index in [0.29, 0.717) is 11.4 Å². The molecule has 0 bridgehead atoms. The lowest BCUT2D eigenvalue weighted by molar-refractivity contribution is 0.0853. The van der Waals surface area contributed by atoms with Gasteiger partial charge in [0.1, 0.15) is 0 Å². The molecule has 1 amide bonds. The van der Waals surface area contributed by atoms with E-state index in [1.165, 1.54) is 0 Å². The molecule has 0 radical (unpaired) electrons. The van der Waals surface area contributed by atoms with Gasteiger partial charge in [0.2, 0.25) is 0 Å². The molecule has 0 unspecified atom stereocenters. The van der Waals surface area contributed by atoms with Crippen LogP contribution in [-0.4, -0.2) is 22.3 Å². The van der Waals surface area contributed by atoms with Gasteiger partial charge in [-0.05, 0) is 37.8 Å². The quantitative estimate of drug-likeness (QED) is 0.821. The van der Waals surface area contributed by atoms with Gasteiger partial charge in [-0.25, -0.2) is 0 Å². The van der Waals surface area contributed by atoms with Crippen LogP contribution in [0.15, 0.2) is 18.5 Å². The molecule has 1 N–H and O–H groups in total. The van der Waals surface area contributed by atoms with Crippen molar-refractivity contribution in [3.8, 4) is 0 Å². The van der Waals surface area contributed by atoms with Crippen molar-refractivity contribution in [3.05, 3.63) is 29.6 Å². The topological polar surface area (TPSA) is 42.0 Å². The lowest BCUT2D eigenvalue weighted by Crippen LogP contribution is -2.55. The molecule has 0 aliphatic heterocycles. The predicted molar refractivity (Wildman–Crippen MR) is 63.7 cm³/mol. The number of rotatable bonds is 3. The number of amides is 1. The predicted octanol–water partition coefficient (Wildman–Crippen LogP) is 2.28. The minimum Gasteiger partial charge on any atom is -0.345 e. The Hall–Kier alpha value is -1.09. The zero-order valence-corrected chi connectivity index (χ0v) is 10.0. The van der Waals surface area contributed by atoms with E-state index in [1.807, 2.05) is 13.0 Å². The SMILES string of the molecule is Cc1cncc(C(=O)NC2(CCl)CCC2)c1. The second-order valence-electron chi connectivity index (χ2n) is 4.47. The molecule has 1 saturated carbocycles. The lowest BCUT2D eigenvalue weighted by atomic mass is 9.78. The highest BCUT2D eigenvalue weighted by Gasteiger charge is 2.37. The van der Waals surface area contributed by atoms with Gasteiger partial charge < -0.3 is 5.32 Å². The standard InChI is InChI=1S/C12H15ClN2O/c1-9-5-10(7-14-6-9)11(16)15-12(8-13)3-2-4-12/h5-7H,2-4,8H2,1H3,(H,15,16). The van der Waals surface area contributed by atoms with E-state index in [4.69, 9.17) is 11.6 Å². The van der Waals surface area contributed by atoms with Crippen LogP contribution in [0.2, 0.25) is 0 Å². The number of carbonyl (C=O) groups is 1. The highest BCUT2D eigenvalue weighted by molar-refractivity contribution is 6.19. The minimum atomic E-state index is -0.178. The molecular formula is C12H15ClN2O. The Labute approximate surface area is 100 Å². The zero-order chi connectivity index (χ0) is 11.6. The molecule has 1 aromatic heterocycles. The summed E-state index contributed by atoms with van der Waals surface area (Å²) in [6.45, 7) is 1.92.